The molecule has 5 aliphatic carbocycles. The second-order valence-corrected chi connectivity index (χ2v) is 21.8. The number of aliphatic hydroxyl groups excluding tert-OH is 1. The third kappa shape index (κ3) is 7.07. The number of aromatic nitrogens is 1. The minimum absolute atomic E-state index is 0.0113. The molecule has 4 saturated carbocycles. The van der Waals surface area contributed by atoms with Crippen LogP contribution in [0.1, 0.15) is 145 Å². The largest absolute Gasteiger partial charge is 0.481 e. The maximum atomic E-state index is 14.4. The molecule has 10 atom stereocenters. The SMILES string of the molecule is CC(C)C1=C2[C@H]3CC[C@@H]4[C@@]5(C)CC[C@H](OC(=O)CC(C)(C)C(=O)O)C(C)(C)[C@@H]5CC[C@@]4(C)[C@]3(C)CC[C@@]2([C@@H](O)CN(C(=O)CN(C)C)[C@@H](C)c2ccccn2)CC1=O. The molecule has 1 aromatic rings. The lowest BCUT2D eigenvalue weighted by Gasteiger charge is -2.72. The standard InChI is InChI=1S/C48H73N3O7/c1-29(2)40-33(52)25-48(36(53)27-51(38(54)28-50(11)12)30(3)32-15-13-14-24-49-32)23-22-46(9)31(41(40)48)16-17-35-45(8)20-19-37(58-39(55)26-43(4,5)42(56)57)44(6,7)34(45)18-21-47(35,46)10/h13-15,24,29-31,34-37,53H,16-23,25-28H2,1-12H3,(H,56,57)/t30-,31+,34-,35+,36-,37-,45-,46+,47+,48-/m0/s1. The van der Waals surface area contributed by atoms with E-state index in [9.17, 15) is 29.4 Å². The maximum absolute atomic E-state index is 14.4. The first-order chi connectivity index (χ1) is 26.9. The van der Waals surface area contributed by atoms with Crippen LogP contribution in [0.3, 0.4) is 0 Å². The number of pyridine rings is 1. The zero-order chi connectivity index (χ0) is 43.0. The molecule has 0 unspecified atom stereocenters. The number of fused-ring (bicyclic) bond motifs is 7. The van der Waals surface area contributed by atoms with Crippen LogP contribution < -0.4 is 0 Å². The van der Waals surface area contributed by atoms with Crippen LogP contribution >= 0.6 is 0 Å². The third-order valence-corrected chi connectivity index (χ3v) is 17.2. The molecule has 10 nitrogen and oxygen atoms in total. The van der Waals surface area contributed by atoms with Crippen LogP contribution in [0.5, 0.6) is 0 Å². The summed E-state index contributed by atoms with van der Waals surface area (Å²) in [6.07, 6.45) is 7.97. The zero-order valence-corrected chi connectivity index (χ0v) is 37.6. The number of ketones is 1. The number of allylic oxidation sites excluding steroid dienone is 1. The Morgan fingerprint density at radius 2 is 1.62 bits per heavy atom. The Bertz CT molecular complexity index is 1800. The van der Waals surface area contributed by atoms with Crippen LogP contribution in [-0.4, -0.2) is 88.0 Å². The van der Waals surface area contributed by atoms with E-state index in [0.29, 0.717) is 18.3 Å². The van der Waals surface area contributed by atoms with Crippen LogP contribution in [0.25, 0.3) is 0 Å². The number of hydrogen-bond acceptors (Lipinski definition) is 8. The topological polar surface area (TPSA) is 137 Å². The number of nitrogens with zero attached hydrogens (tertiary/aromatic N) is 3. The number of carboxylic acid groups (broad SMARTS) is 1. The van der Waals surface area contributed by atoms with E-state index in [1.807, 2.05) is 44.1 Å². The van der Waals surface area contributed by atoms with Gasteiger partial charge in [0.15, 0.2) is 5.78 Å². The molecule has 0 radical (unpaired) electrons. The van der Waals surface area contributed by atoms with Crippen LogP contribution in [0.2, 0.25) is 0 Å². The summed E-state index contributed by atoms with van der Waals surface area (Å²) in [5.41, 5.74) is 0.549. The first-order valence-electron chi connectivity index (χ1n) is 22.1. The molecule has 0 bridgehead atoms. The molecule has 322 valence electrons. The number of rotatable bonds is 12. The summed E-state index contributed by atoms with van der Waals surface area (Å²) < 4.78 is 6.18. The number of Topliss-reactive ketones (excluding diaryl/α,β-unsaturated/α-hetero) is 1. The molecule has 4 fully saturated rings. The molecular formula is C48H73N3O7. The fraction of sp³-hybridized carbons (Fsp3) is 0.771. The van der Waals surface area contributed by atoms with Gasteiger partial charge in [-0.25, -0.2) is 0 Å². The molecule has 0 aromatic carbocycles. The Hall–Kier alpha value is -3.11. The van der Waals surface area contributed by atoms with E-state index in [1.54, 1.807) is 24.9 Å². The van der Waals surface area contributed by atoms with E-state index in [2.05, 4.69) is 53.5 Å². The van der Waals surface area contributed by atoms with Gasteiger partial charge in [0.25, 0.3) is 0 Å². The van der Waals surface area contributed by atoms with Gasteiger partial charge in [-0.2, -0.15) is 0 Å². The number of ether oxygens (including phenoxy) is 1. The average Bonchev–Trinajstić information content (AvgIpc) is 3.44. The lowest BCUT2D eigenvalue weighted by molar-refractivity contribution is -0.235. The zero-order valence-electron chi connectivity index (χ0n) is 37.6. The second kappa shape index (κ2) is 15.4. The smallest absolute Gasteiger partial charge is 0.309 e. The van der Waals surface area contributed by atoms with Crippen LogP contribution in [0.4, 0.5) is 0 Å². The van der Waals surface area contributed by atoms with Crippen molar-refractivity contribution in [3.05, 3.63) is 41.2 Å². The van der Waals surface area contributed by atoms with Gasteiger partial charge in [0.2, 0.25) is 5.91 Å². The summed E-state index contributed by atoms with van der Waals surface area (Å²) in [7, 11) is 3.75. The number of aliphatic carboxylic acids is 1. The Morgan fingerprint density at radius 1 is 0.931 bits per heavy atom. The molecule has 0 aliphatic heterocycles. The van der Waals surface area contributed by atoms with Crippen molar-refractivity contribution >= 4 is 23.6 Å². The van der Waals surface area contributed by atoms with Crippen molar-refractivity contribution in [3.63, 3.8) is 0 Å². The maximum Gasteiger partial charge on any atom is 0.309 e. The van der Waals surface area contributed by atoms with Crippen LogP contribution in [0.15, 0.2) is 35.5 Å². The Labute approximate surface area is 347 Å². The summed E-state index contributed by atoms with van der Waals surface area (Å²) in [6.45, 7) is 21.7. The fourth-order valence-electron chi connectivity index (χ4n) is 13.9. The van der Waals surface area contributed by atoms with Crippen molar-refractivity contribution in [1.82, 2.24) is 14.8 Å². The van der Waals surface area contributed by atoms with E-state index in [4.69, 9.17) is 4.74 Å². The molecule has 5 aliphatic rings. The molecular weight excluding hydrogens is 731 g/mol. The van der Waals surface area contributed by atoms with Crippen LogP contribution in [0, 0.1) is 56.2 Å². The highest BCUT2D eigenvalue weighted by Crippen LogP contribution is 2.77. The van der Waals surface area contributed by atoms with Gasteiger partial charge in [0.1, 0.15) is 6.10 Å². The van der Waals surface area contributed by atoms with Gasteiger partial charge in [0.05, 0.1) is 36.2 Å². The van der Waals surface area contributed by atoms with E-state index in [1.165, 1.54) is 5.57 Å². The number of aliphatic hydroxyl groups is 1. The highest BCUT2D eigenvalue weighted by atomic mass is 16.5. The average molecular weight is 804 g/mol. The minimum Gasteiger partial charge on any atom is -0.481 e. The lowest BCUT2D eigenvalue weighted by Crippen LogP contribution is -2.66. The highest BCUT2D eigenvalue weighted by Gasteiger charge is 2.71. The Balaban J connectivity index is 1.31. The second-order valence-electron chi connectivity index (χ2n) is 21.8. The summed E-state index contributed by atoms with van der Waals surface area (Å²) in [6, 6.07) is 5.36. The van der Waals surface area contributed by atoms with Crippen LogP contribution in [-0.2, 0) is 23.9 Å². The number of hydrogen-bond donors (Lipinski definition) is 2. The lowest BCUT2D eigenvalue weighted by atomic mass is 9.33. The van der Waals surface area contributed by atoms with Crippen molar-refractivity contribution in [3.8, 4) is 0 Å². The van der Waals surface area contributed by atoms with E-state index in [-0.39, 0.29) is 83.3 Å². The summed E-state index contributed by atoms with van der Waals surface area (Å²) in [5.74, 6) is -0.443. The van der Waals surface area contributed by atoms with Gasteiger partial charge in [-0.15, -0.1) is 0 Å². The summed E-state index contributed by atoms with van der Waals surface area (Å²) in [5, 5.41) is 22.4. The summed E-state index contributed by atoms with van der Waals surface area (Å²) >= 11 is 0. The Morgan fingerprint density at radius 3 is 2.22 bits per heavy atom. The molecule has 1 aromatic heterocycles. The molecule has 0 saturated heterocycles. The number of carboxylic acids is 1. The van der Waals surface area contributed by atoms with Gasteiger partial charge in [0, 0.05) is 30.0 Å². The molecule has 1 amide bonds. The van der Waals surface area contributed by atoms with Gasteiger partial charge in [-0.3, -0.25) is 24.2 Å². The number of esters is 1. The first-order valence-corrected chi connectivity index (χ1v) is 22.1. The van der Waals surface area contributed by atoms with Crippen molar-refractivity contribution in [2.24, 2.45) is 56.2 Å². The van der Waals surface area contributed by atoms with Gasteiger partial charge in [-0.05, 0) is 144 Å². The quantitative estimate of drug-likeness (QED) is 0.200. The van der Waals surface area contributed by atoms with Gasteiger partial charge < -0.3 is 24.7 Å². The van der Waals surface area contributed by atoms with Crippen molar-refractivity contribution in [2.45, 2.75) is 152 Å². The minimum atomic E-state index is -1.19. The van der Waals surface area contributed by atoms with E-state index in [0.717, 1.165) is 56.2 Å². The first kappa shape index (κ1) is 44.4. The van der Waals surface area contributed by atoms with Crippen molar-refractivity contribution in [1.29, 1.82) is 0 Å². The normalized spacial score (nSPS) is 35.4. The number of carbonyl (C=O) groups excluding carboxylic acids is 3. The molecule has 58 heavy (non-hydrogen) atoms. The number of likely N-dealkylation sites (N-methyl/N-ethyl adjacent to an activating group) is 1. The monoisotopic (exact) mass is 804 g/mol. The number of amides is 1. The Kier molecular flexibility index (Phi) is 11.8. The van der Waals surface area contributed by atoms with E-state index >= 15 is 0 Å². The molecule has 6 rings (SSSR count). The van der Waals surface area contributed by atoms with Gasteiger partial charge >= 0.3 is 11.9 Å². The van der Waals surface area contributed by atoms with E-state index < -0.39 is 28.9 Å². The van der Waals surface area contributed by atoms with Crippen molar-refractivity contribution in [2.75, 3.05) is 27.2 Å². The highest BCUT2D eigenvalue weighted by molar-refractivity contribution is 6.01. The summed E-state index contributed by atoms with van der Waals surface area (Å²) in [4.78, 5) is 61.5. The predicted molar refractivity (Wildman–Crippen MR) is 224 cm³/mol. The number of carbonyl (C=O) groups is 4. The van der Waals surface area contributed by atoms with Gasteiger partial charge in [-0.1, -0.05) is 60.1 Å². The molecule has 10 heteroatoms. The molecule has 2 N–H and O–H groups in total. The van der Waals surface area contributed by atoms with Crippen molar-refractivity contribution < 1.29 is 34.1 Å². The predicted octanol–water partition coefficient (Wildman–Crippen LogP) is 8.29. The third-order valence-electron chi connectivity index (χ3n) is 17.2. The molecule has 1 heterocycles. The fourth-order valence-corrected chi connectivity index (χ4v) is 13.9. The molecule has 0 spiro atoms.